The molecule has 126 valence electrons. The number of amides is 1. The molecule has 1 heterocycles. The van der Waals surface area contributed by atoms with Crippen LogP contribution in [0, 0.1) is 0 Å². The topological polar surface area (TPSA) is 84.0 Å². The SMILES string of the molecule is CC(=O)N1CCN(S(=O)(=O)CC2(OC=O)CCCCC2)CC1. The van der Waals surface area contributed by atoms with Crippen LogP contribution in [0.2, 0.25) is 0 Å². The first-order chi connectivity index (χ1) is 10.4. The lowest BCUT2D eigenvalue weighted by Gasteiger charge is -2.38. The van der Waals surface area contributed by atoms with E-state index in [0.29, 0.717) is 45.5 Å². The standard InChI is InChI=1S/C14H24N2O5S/c1-13(18)15-7-9-16(10-8-15)22(19,20)11-14(21-12-17)5-3-2-4-6-14/h12H,2-11H2,1H3. The van der Waals surface area contributed by atoms with Gasteiger partial charge in [0.05, 0.1) is 0 Å². The van der Waals surface area contributed by atoms with Crippen LogP contribution in [0.5, 0.6) is 0 Å². The van der Waals surface area contributed by atoms with E-state index in [9.17, 15) is 18.0 Å². The highest BCUT2D eigenvalue weighted by Crippen LogP contribution is 2.33. The second-order valence-corrected chi connectivity index (χ2v) is 8.09. The first-order valence-corrected chi connectivity index (χ1v) is 9.34. The summed E-state index contributed by atoms with van der Waals surface area (Å²) in [5.41, 5.74) is -0.878. The van der Waals surface area contributed by atoms with Crippen LogP contribution in [0.4, 0.5) is 0 Å². The molecule has 0 radical (unpaired) electrons. The maximum Gasteiger partial charge on any atom is 0.293 e. The van der Waals surface area contributed by atoms with E-state index in [1.54, 1.807) is 4.90 Å². The van der Waals surface area contributed by atoms with E-state index in [-0.39, 0.29) is 11.7 Å². The predicted octanol–water partition coefficient (Wildman–Crippen LogP) is 0.356. The molecule has 0 atom stereocenters. The van der Waals surface area contributed by atoms with Crippen molar-refractivity contribution >= 4 is 22.4 Å². The van der Waals surface area contributed by atoms with E-state index in [0.717, 1.165) is 19.3 Å². The molecule has 7 nitrogen and oxygen atoms in total. The first-order valence-electron chi connectivity index (χ1n) is 7.73. The van der Waals surface area contributed by atoms with E-state index < -0.39 is 15.6 Å². The van der Waals surface area contributed by atoms with Gasteiger partial charge in [-0.2, -0.15) is 4.31 Å². The molecule has 2 fully saturated rings. The maximum absolute atomic E-state index is 12.6. The molecule has 0 unspecified atom stereocenters. The van der Waals surface area contributed by atoms with Crippen molar-refractivity contribution in [1.82, 2.24) is 9.21 Å². The summed E-state index contributed by atoms with van der Waals surface area (Å²) in [6.07, 6.45) is 3.99. The molecule has 0 aromatic carbocycles. The number of hydrogen-bond donors (Lipinski definition) is 0. The second-order valence-electron chi connectivity index (χ2n) is 6.12. The average molecular weight is 332 g/mol. The molecule has 1 amide bonds. The molecule has 1 saturated carbocycles. The Morgan fingerprint density at radius 3 is 2.23 bits per heavy atom. The van der Waals surface area contributed by atoms with Crippen molar-refractivity contribution < 1.29 is 22.7 Å². The van der Waals surface area contributed by atoms with Crippen LogP contribution in [0.25, 0.3) is 0 Å². The van der Waals surface area contributed by atoms with Crippen molar-refractivity contribution in [2.45, 2.75) is 44.6 Å². The number of ether oxygens (including phenoxy) is 1. The minimum Gasteiger partial charge on any atom is -0.460 e. The van der Waals surface area contributed by atoms with Crippen LogP contribution >= 0.6 is 0 Å². The van der Waals surface area contributed by atoms with E-state index in [4.69, 9.17) is 4.74 Å². The third kappa shape index (κ3) is 3.98. The lowest BCUT2D eigenvalue weighted by molar-refractivity contribution is -0.144. The van der Waals surface area contributed by atoms with Crippen molar-refractivity contribution in [3.63, 3.8) is 0 Å². The monoisotopic (exact) mass is 332 g/mol. The molecule has 2 aliphatic rings. The van der Waals surface area contributed by atoms with Crippen molar-refractivity contribution in [1.29, 1.82) is 0 Å². The quantitative estimate of drug-likeness (QED) is 0.679. The van der Waals surface area contributed by atoms with Gasteiger partial charge in [0.2, 0.25) is 15.9 Å². The third-order valence-corrected chi connectivity index (χ3v) is 6.63. The van der Waals surface area contributed by atoms with Gasteiger partial charge in [0.25, 0.3) is 6.47 Å². The lowest BCUT2D eigenvalue weighted by atomic mass is 9.86. The summed E-state index contributed by atoms with van der Waals surface area (Å²) in [7, 11) is -3.50. The Labute approximate surface area is 131 Å². The minimum atomic E-state index is -3.50. The van der Waals surface area contributed by atoms with Crippen molar-refractivity contribution in [3.8, 4) is 0 Å². The predicted molar refractivity (Wildman–Crippen MR) is 80.6 cm³/mol. The number of hydrogen-bond acceptors (Lipinski definition) is 5. The fourth-order valence-electron chi connectivity index (χ4n) is 3.30. The van der Waals surface area contributed by atoms with E-state index in [2.05, 4.69) is 0 Å². The van der Waals surface area contributed by atoms with Crippen molar-refractivity contribution in [3.05, 3.63) is 0 Å². The average Bonchev–Trinajstić information content (AvgIpc) is 2.48. The van der Waals surface area contributed by atoms with Crippen LogP contribution < -0.4 is 0 Å². The first kappa shape index (κ1) is 17.2. The summed E-state index contributed by atoms with van der Waals surface area (Å²) >= 11 is 0. The summed E-state index contributed by atoms with van der Waals surface area (Å²) in [5.74, 6) is -0.191. The number of sulfonamides is 1. The minimum absolute atomic E-state index is 0.0370. The van der Waals surface area contributed by atoms with Gasteiger partial charge in [-0.05, 0) is 25.7 Å². The normalized spacial score (nSPS) is 23.0. The van der Waals surface area contributed by atoms with Gasteiger partial charge in [0.1, 0.15) is 11.4 Å². The molecule has 0 aromatic heterocycles. The molecular formula is C14H24N2O5S. The largest absolute Gasteiger partial charge is 0.460 e. The molecule has 2 rings (SSSR count). The number of piperazine rings is 1. The highest BCUT2D eigenvalue weighted by molar-refractivity contribution is 7.89. The van der Waals surface area contributed by atoms with Gasteiger partial charge in [-0.25, -0.2) is 8.42 Å². The third-order valence-electron chi connectivity index (χ3n) is 4.59. The van der Waals surface area contributed by atoms with Gasteiger partial charge in [-0.1, -0.05) is 6.42 Å². The molecule has 1 aliphatic heterocycles. The zero-order valence-electron chi connectivity index (χ0n) is 13.0. The Bertz CT molecular complexity index is 505. The Kier molecular flexibility index (Phi) is 5.44. The lowest BCUT2D eigenvalue weighted by Crippen LogP contribution is -2.53. The van der Waals surface area contributed by atoms with Crippen LogP contribution in [0.1, 0.15) is 39.0 Å². The maximum atomic E-state index is 12.6. The zero-order chi connectivity index (χ0) is 16.2. The number of rotatable bonds is 5. The van der Waals surface area contributed by atoms with Gasteiger partial charge in [-0.15, -0.1) is 0 Å². The molecule has 0 spiro atoms. The highest BCUT2D eigenvalue weighted by Gasteiger charge is 2.41. The molecule has 1 saturated heterocycles. The molecule has 1 aliphatic carbocycles. The summed E-state index contributed by atoms with van der Waals surface area (Å²) in [6, 6.07) is 0. The van der Waals surface area contributed by atoms with Crippen LogP contribution in [0.15, 0.2) is 0 Å². The van der Waals surface area contributed by atoms with Crippen LogP contribution in [-0.4, -0.2) is 67.5 Å². The molecular weight excluding hydrogens is 308 g/mol. The Morgan fingerprint density at radius 1 is 1.14 bits per heavy atom. The van der Waals surface area contributed by atoms with E-state index in [1.165, 1.54) is 11.2 Å². The van der Waals surface area contributed by atoms with Crippen LogP contribution in [-0.2, 0) is 24.3 Å². The fourth-order valence-corrected chi connectivity index (χ4v) is 5.22. The number of carbonyl (C=O) groups is 2. The van der Waals surface area contributed by atoms with Gasteiger partial charge in [-0.3, -0.25) is 9.59 Å². The zero-order valence-corrected chi connectivity index (χ0v) is 13.8. The highest BCUT2D eigenvalue weighted by atomic mass is 32.2. The Balaban J connectivity index is 2.03. The summed E-state index contributed by atoms with van der Waals surface area (Å²) in [5, 5.41) is 0. The van der Waals surface area contributed by atoms with Crippen molar-refractivity contribution in [2.75, 3.05) is 31.9 Å². The van der Waals surface area contributed by atoms with Gasteiger partial charge in [0, 0.05) is 33.1 Å². The summed E-state index contributed by atoms with van der Waals surface area (Å²) in [4.78, 5) is 23.7. The Morgan fingerprint density at radius 2 is 1.73 bits per heavy atom. The Hall–Kier alpha value is -1.15. The van der Waals surface area contributed by atoms with Gasteiger partial charge in [0.15, 0.2) is 0 Å². The van der Waals surface area contributed by atoms with E-state index >= 15 is 0 Å². The van der Waals surface area contributed by atoms with Crippen LogP contribution in [0.3, 0.4) is 0 Å². The van der Waals surface area contributed by atoms with Gasteiger partial charge >= 0.3 is 0 Å². The summed E-state index contributed by atoms with van der Waals surface area (Å²) < 4.78 is 31.9. The second kappa shape index (κ2) is 6.95. The number of carbonyl (C=O) groups excluding carboxylic acids is 2. The summed E-state index contributed by atoms with van der Waals surface area (Å²) in [6.45, 7) is 3.29. The van der Waals surface area contributed by atoms with Gasteiger partial charge < -0.3 is 9.64 Å². The molecule has 8 heteroatoms. The molecule has 0 N–H and O–H groups in total. The van der Waals surface area contributed by atoms with E-state index in [1.807, 2.05) is 0 Å². The smallest absolute Gasteiger partial charge is 0.293 e. The fraction of sp³-hybridized carbons (Fsp3) is 0.857. The number of nitrogens with zero attached hydrogens (tertiary/aromatic N) is 2. The van der Waals surface area contributed by atoms with Crippen molar-refractivity contribution in [2.24, 2.45) is 0 Å². The molecule has 0 bridgehead atoms. The molecule has 0 aromatic rings. The molecule has 22 heavy (non-hydrogen) atoms.